The molecule has 26 heavy (non-hydrogen) atoms. The molecule has 0 saturated carbocycles. The van der Waals surface area contributed by atoms with Crippen molar-refractivity contribution in [3.63, 3.8) is 0 Å². The Hall–Kier alpha value is -2.50. The molecule has 3 heterocycles. The van der Waals surface area contributed by atoms with E-state index in [-0.39, 0.29) is 5.56 Å². The molecule has 0 atom stereocenters. The van der Waals surface area contributed by atoms with Crippen LogP contribution in [0.1, 0.15) is 22.4 Å². The van der Waals surface area contributed by atoms with E-state index < -0.39 is 0 Å². The van der Waals surface area contributed by atoms with Gasteiger partial charge < -0.3 is 4.98 Å². The number of pyridine rings is 1. The van der Waals surface area contributed by atoms with Gasteiger partial charge in [-0.15, -0.1) is 0 Å². The van der Waals surface area contributed by atoms with Crippen LogP contribution in [0.25, 0.3) is 11.5 Å². The largest absolute Gasteiger partial charge is 0.305 e. The monoisotopic (exact) mass is 366 g/mol. The fourth-order valence-electron chi connectivity index (χ4n) is 3.34. The number of halogens is 1. The standard InChI is InChI=1S/C20H19ClN4O/c1-13-5-4-6-16(21)15(13)11-25-10-8-14-18(12-25)23-19(24-20(14)26)17-7-2-3-9-22-17/h2-7,9H,8,10-12H2,1H3,(H,23,24,26). The van der Waals surface area contributed by atoms with Gasteiger partial charge in [0, 0.05) is 36.4 Å². The van der Waals surface area contributed by atoms with Crippen LogP contribution in [0.5, 0.6) is 0 Å². The Morgan fingerprint density at radius 1 is 1.23 bits per heavy atom. The van der Waals surface area contributed by atoms with E-state index in [1.807, 2.05) is 30.3 Å². The smallest absolute Gasteiger partial charge is 0.254 e. The quantitative estimate of drug-likeness (QED) is 0.772. The molecule has 0 saturated heterocycles. The maximum absolute atomic E-state index is 12.5. The van der Waals surface area contributed by atoms with Crippen molar-refractivity contribution in [1.82, 2.24) is 19.9 Å². The summed E-state index contributed by atoms with van der Waals surface area (Å²) in [7, 11) is 0. The number of nitrogens with one attached hydrogen (secondary N) is 1. The van der Waals surface area contributed by atoms with Crippen molar-refractivity contribution in [3.05, 3.63) is 80.4 Å². The molecule has 0 fully saturated rings. The molecule has 1 aliphatic rings. The molecule has 3 aromatic rings. The average molecular weight is 367 g/mol. The number of hydrogen-bond donors (Lipinski definition) is 1. The predicted octanol–water partition coefficient (Wildman–Crippen LogP) is 3.35. The van der Waals surface area contributed by atoms with E-state index in [0.717, 1.165) is 34.9 Å². The number of aryl methyl sites for hydroxylation is 1. The van der Waals surface area contributed by atoms with Gasteiger partial charge >= 0.3 is 0 Å². The lowest BCUT2D eigenvalue weighted by molar-refractivity contribution is 0.240. The molecule has 5 nitrogen and oxygen atoms in total. The van der Waals surface area contributed by atoms with Crippen LogP contribution in [0, 0.1) is 6.92 Å². The van der Waals surface area contributed by atoms with Crippen LogP contribution >= 0.6 is 11.6 Å². The number of hydrogen-bond acceptors (Lipinski definition) is 4. The van der Waals surface area contributed by atoms with E-state index in [9.17, 15) is 4.79 Å². The van der Waals surface area contributed by atoms with Crippen molar-refractivity contribution in [2.24, 2.45) is 0 Å². The van der Waals surface area contributed by atoms with Gasteiger partial charge in [-0.25, -0.2) is 4.98 Å². The Morgan fingerprint density at radius 3 is 2.88 bits per heavy atom. The van der Waals surface area contributed by atoms with Gasteiger partial charge in [0.05, 0.1) is 5.69 Å². The number of rotatable bonds is 3. The van der Waals surface area contributed by atoms with Crippen molar-refractivity contribution >= 4 is 11.6 Å². The second-order valence-corrected chi connectivity index (χ2v) is 6.96. The van der Waals surface area contributed by atoms with Crippen molar-refractivity contribution in [2.45, 2.75) is 26.4 Å². The highest BCUT2D eigenvalue weighted by molar-refractivity contribution is 6.31. The Kier molecular flexibility index (Phi) is 4.57. The zero-order valence-corrected chi connectivity index (χ0v) is 15.3. The lowest BCUT2D eigenvalue weighted by Crippen LogP contribution is -2.35. The van der Waals surface area contributed by atoms with Gasteiger partial charge in [0.1, 0.15) is 5.69 Å². The van der Waals surface area contributed by atoms with E-state index >= 15 is 0 Å². The van der Waals surface area contributed by atoms with Gasteiger partial charge in [0.15, 0.2) is 5.82 Å². The highest BCUT2D eigenvalue weighted by atomic mass is 35.5. The summed E-state index contributed by atoms with van der Waals surface area (Å²) in [6, 6.07) is 11.5. The number of aromatic nitrogens is 3. The first kappa shape index (κ1) is 16.9. The van der Waals surface area contributed by atoms with Crippen LogP contribution in [0.2, 0.25) is 5.02 Å². The summed E-state index contributed by atoms with van der Waals surface area (Å²) < 4.78 is 0. The van der Waals surface area contributed by atoms with Crippen LogP contribution in [-0.2, 0) is 19.5 Å². The molecule has 0 bridgehead atoms. The van der Waals surface area contributed by atoms with Crippen molar-refractivity contribution in [2.75, 3.05) is 6.54 Å². The van der Waals surface area contributed by atoms with E-state index in [0.29, 0.717) is 24.5 Å². The topological polar surface area (TPSA) is 61.9 Å². The second-order valence-electron chi connectivity index (χ2n) is 6.55. The van der Waals surface area contributed by atoms with Crippen LogP contribution in [0.3, 0.4) is 0 Å². The lowest BCUT2D eigenvalue weighted by Gasteiger charge is -2.28. The minimum absolute atomic E-state index is 0.0655. The zero-order valence-electron chi connectivity index (χ0n) is 14.5. The molecule has 1 aromatic carbocycles. The normalized spacial score (nSPS) is 14.2. The molecule has 0 spiro atoms. The van der Waals surface area contributed by atoms with E-state index in [4.69, 9.17) is 11.6 Å². The predicted molar refractivity (Wildman–Crippen MR) is 102 cm³/mol. The first-order valence-electron chi connectivity index (χ1n) is 8.61. The zero-order chi connectivity index (χ0) is 18.1. The van der Waals surface area contributed by atoms with E-state index in [1.165, 1.54) is 5.56 Å². The van der Waals surface area contributed by atoms with E-state index in [2.05, 4.69) is 32.8 Å². The van der Waals surface area contributed by atoms with Gasteiger partial charge in [-0.05, 0) is 42.7 Å². The van der Waals surface area contributed by atoms with Crippen LogP contribution in [0.15, 0.2) is 47.4 Å². The van der Waals surface area contributed by atoms with Gasteiger partial charge in [-0.3, -0.25) is 14.7 Å². The van der Waals surface area contributed by atoms with Crippen molar-refractivity contribution in [3.8, 4) is 11.5 Å². The van der Waals surface area contributed by atoms with Crippen molar-refractivity contribution in [1.29, 1.82) is 0 Å². The average Bonchev–Trinajstić information content (AvgIpc) is 2.65. The fraction of sp³-hybridized carbons (Fsp3) is 0.250. The molecule has 1 N–H and O–H groups in total. The molecular formula is C20H19ClN4O. The molecule has 6 heteroatoms. The number of aromatic amines is 1. The second kappa shape index (κ2) is 7.02. The number of nitrogens with zero attached hydrogens (tertiary/aromatic N) is 3. The summed E-state index contributed by atoms with van der Waals surface area (Å²) in [5.41, 5.74) is 4.52. The molecular weight excluding hydrogens is 348 g/mol. The Balaban J connectivity index is 1.64. The highest BCUT2D eigenvalue weighted by Crippen LogP contribution is 2.24. The molecule has 4 rings (SSSR count). The van der Waals surface area contributed by atoms with Crippen molar-refractivity contribution < 1.29 is 0 Å². The Bertz CT molecular complexity index is 980. The molecule has 0 amide bonds. The van der Waals surface area contributed by atoms with Gasteiger partial charge in [0.2, 0.25) is 0 Å². The van der Waals surface area contributed by atoms with Crippen LogP contribution in [0.4, 0.5) is 0 Å². The minimum Gasteiger partial charge on any atom is -0.305 e. The molecule has 0 aliphatic carbocycles. The third-order valence-corrected chi connectivity index (χ3v) is 5.15. The highest BCUT2D eigenvalue weighted by Gasteiger charge is 2.22. The maximum Gasteiger partial charge on any atom is 0.254 e. The third-order valence-electron chi connectivity index (χ3n) is 4.79. The van der Waals surface area contributed by atoms with Gasteiger partial charge in [0.25, 0.3) is 5.56 Å². The summed E-state index contributed by atoms with van der Waals surface area (Å²) in [6.45, 7) is 4.26. The molecule has 1 aliphatic heterocycles. The van der Waals surface area contributed by atoms with E-state index in [1.54, 1.807) is 6.20 Å². The van der Waals surface area contributed by atoms with Crippen LogP contribution < -0.4 is 5.56 Å². The Labute approximate surface area is 156 Å². The van der Waals surface area contributed by atoms with Crippen LogP contribution in [-0.4, -0.2) is 26.4 Å². The van der Waals surface area contributed by atoms with Gasteiger partial charge in [-0.2, -0.15) is 0 Å². The molecule has 0 radical (unpaired) electrons. The summed E-state index contributed by atoms with van der Waals surface area (Å²) in [4.78, 5) is 26.6. The maximum atomic E-state index is 12.5. The summed E-state index contributed by atoms with van der Waals surface area (Å²) in [6.07, 6.45) is 2.38. The summed E-state index contributed by atoms with van der Waals surface area (Å²) >= 11 is 6.37. The first-order valence-corrected chi connectivity index (χ1v) is 8.99. The molecule has 132 valence electrons. The summed E-state index contributed by atoms with van der Waals surface area (Å²) in [5.74, 6) is 0.519. The number of benzene rings is 1. The SMILES string of the molecule is Cc1cccc(Cl)c1CN1CCc2c(nc(-c3ccccn3)[nH]c2=O)C1. The fourth-order valence-corrected chi connectivity index (χ4v) is 3.62. The Morgan fingerprint density at radius 2 is 2.12 bits per heavy atom. The minimum atomic E-state index is -0.0655. The first-order chi connectivity index (χ1) is 12.6. The number of fused-ring (bicyclic) bond motifs is 1. The third kappa shape index (κ3) is 3.28. The summed E-state index contributed by atoms with van der Waals surface area (Å²) in [5, 5.41) is 0.781. The number of H-pyrrole nitrogens is 1. The lowest BCUT2D eigenvalue weighted by atomic mass is 10.0. The van der Waals surface area contributed by atoms with Gasteiger partial charge in [-0.1, -0.05) is 29.8 Å². The molecule has 0 unspecified atom stereocenters. The molecule has 2 aromatic heterocycles.